The zero-order chi connectivity index (χ0) is 12.7. The maximum atomic E-state index is 11.9. The fourth-order valence-electron chi connectivity index (χ4n) is 1.87. The van der Waals surface area contributed by atoms with Gasteiger partial charge in [0.25, 0.3) is 5.91 Å². The molecule has 0 fully saturated rings. The number of rotatable bonds is 2. The minimum Gasteiger partial charge on any atom is -0.272 e. The lowest BCUT2D eigenvalue weighted by atomic mass is 10.1. The third-order valence-corrected chi connectivity index (χ3v) is 3.94. The lowest BCUT2D eigenvalue weighted by Crippen LogP contribution is -2.19. The van der Waals surface area contributed by atoms with Gasteiger partial charge in [0.2, 0.25) is 5.13 Å². The molecular formula is C13H13N3OS. The van der Waals surface area contributed by atoms with Crippen LogP contribution in [0.1, 0.15) is 20.3 Å². The molecule has 0 saturated heterocycles. The maximum absolute atomic E-state index is 11.9. The number of amides is 1. The van der Waals surface area contributed by atoms with Crippen molar-refractivity contribution in [3.05, 3.63) is 24.3 Å². The normalized spacial score (nSPS) is 15.8. The molecule has 0 radical (unpaired) electrons. The number of carbonyl (C=O) groups is 1. The van der Waals surface area contributed by atoms with Crippen LogP contribution in [-0.2, 0) is 4.79 Å². The van der Waals surface area contributed by atoms with Crippen molar-refractivity contribution in [3.8, 4) is 0 Å². The number of aromatic nitrogens is 1. The Morgan fingerprint density at radius 3 is 2.78 bits per heavy atom. The SMILES string of the molecule is CC(C)C1=NN(c2nc3ccccc3s2)C(=O)C1. The van der Waals surface area contributed by atoms with Crippen LogP contribution in [0.15, 0.2) is 29.4 Å². The van der Waals surface area contributed by atoms with Crippen molar-refractivity contribution in [2.75, 3.05) is 5.01 Å². The molecule has 1 aromatic carbocycles. The van der Waals surface area contributed by atoms with Crippen LogP contribution in [0.5, 0.6) is 0 Å². The van der Waals surface area contributed by atoms with Gasteiger partial charge in [-0.05, 0) is 18.1 Å². The number of hydrogen-bond donors (Lipinski definition) is 0. The molecule has 0 atom stereocenters. The monoisotopic (exact) mass is 259 g/mol. The number of fused-ring (bicyclic) bond motifs is 1. The van der Waals surface area contributed by atoms with Crippen LogP contribution < -0.4 is 5.01 Å². The van der Waals surface area contributed by atoms with Crippen molar-refractivity contribution < 1.29 is 4.79 Å². The topological polar surface area (TPSA) is 45.6 Å². The largest absolute Gasteiger partial charge is 0.272 e. The molecule has 3 rings (SSSR count). The molecule has 0 N–H and O–H groups in total. The highest BCUT2D eigenvalue weighted by atomic mass is 32.1. The highest BCUT2D eigenvalue weighted by Crippen LogP contribution is 2.31. The molecule has 92 valence electrons. The molecule has 1 amide bonds. The van der Waals surface area contributed by atoms with E-state index in [1.807, 2.05) is 38.1 Å². The molecule has 18 heavy (non-hydrogen) atoms. The van der Waals surface area contributed by atoms with E-state index in [1.165, 1.54) is 16.3 Å². The highest BCUT2D eigenvalue weighted by molar-refractivity contribution is 7.22. The van der Waals surface area contributed by atoms with Crippen molar-refractivity contribution in [3.63, 3.8) is 0 Å². The van der Waals surface area contributed by atoms with E-state index in [4.69, 9.17) is 0 Å². The maximum Gasteiger partial charge on any atom is 0.255 e. The average Bonchev–Trinajstić information content (AvgIpc) is 2.91. The van der Waals surface area contributed by atoms with E-state index in [2.05, 4.69) is 10.1 Å². The van der Waals surface area contributed by atoms with Gasteiger partial charge >= 0.3 is 0 Å². The summed E-state index contributed by atoms with van der Waals surface area (Å²) < 4.78 is 1.08. The van der Waals surface area contributed by atoms with Gasteiger partial charge in [-0.15, -0.1) is 0 Å². The molecule has 2 aromatic rings. The summed E-state index contributed by atoms with van der Waals surface area (Å²) in [6, 6.07) is 7.87. The second-order valence-corrected chi connectivity index (χ2v) is 5.60. The van der Waals surface area contributed by atoms with E-state index in [-0.39, 0.29) is 5.91 Å². The van der Waals surface area contributed by atoms with E-state index in [1.54, 1.807) is 0 Å². The van der Waals surface area contributed by atoms with Crippen LogP contribution >= 0.6 is 11.3 Å². The Labute approximate surface area is 109 Å². The van der Waals surface area contributed by atoms with E-state index in [0.717, 1.165) is 15.9 Å². The number of benzene rings is 1. The summed E-state index contributed by atoms with van der Waals surface area (Å²) in [5.74, 6) is 0.311. The van der Waals surface area contributed by atoms with Crippen LogP contribution in [0.3, 0.4) is 0 Å². The van der Waals surface area contributed by atoms with Gasteiger partial charge in [-0.1, -0.05) is 37.3 Å². The van der Waals surface area contributed by atoms with Gasteiger partial charge in [-0.2, -0.15) is 10.1 Å². The van der Waals surface area contributed by atoms with E-state index in [9.17, 15) is 4.79 Å². The molecule has 5 heteroatoms. The van der Waals surface area contributed by atoms with Gasteiger partial charge in [0.15, 0.2) is 0 Å². The van der Waals surface area contributed by atoms with Crippen molar-refractivity contribution in [1.29, 1.82) is 0 Å². The van der Waals surface area contributed by atoms with Crippen molar-refractivity contribution in [2.45, 2.75) is 20.3 Å². The average molecular weight is 259 g/mol. The number of carbonyl (C=O) groups excluding carboxylic acids is 1. The Morgan fingerprint density at radius 1 is 1.33 bits per heavy atom. The Hall–Kier alpha value is -1.75. The standard InChI is InChI=1S/C13H13N3OS/c1-8(2)10-7-12(17)16(15-10)13-14-9-5-3-4-6-11(9)18-13/h3-6,8H,7H2,1-2H3. The molecule has 0 aliphatic carbocycles. The van der Waals surface area contributed by atoms with E-state index >= 15 is 0 Å². The Morgan fingerprint density at radius 2 is 2.11 bits per heavy atom. The van der Waals surface area contributed by atoms with Crippen LogP contribution in [-0.4, -0.2) is 16.6 Å². The summed E-state index contributed by atoms with van der Waals surface area (Å²) in [6.45, 7) is 4.10. The summed E-state index contributed by atoms with van der Waals surface area (Å²) in [7, 11) is 0. The summed E-state index contributed by atoms with van der Waals surface area (Å²) in [4.78, 5) is 16.4. The molecule has 1 aromatic heterocycles. The van der Waals surface area contributed by atoms with Gasteiger partial charge in [-0.25, -0.2) is 4.98 Å². The van der Waals surface area contributed by atoms with Gasteiger partial charge in [-0.3, -0.25) is 4.79 Å². The minimum atomic E-state index is 0.0118. The third kappa shape index (κ3) is 1.80. The predicted octanol–water partition coefficient (Wildman–Crippen LogP) is 3.05. The lowest BCUT2D eigenvalue weighted by Gasteiger charge is -2.05. The molecule has 4 nitrogen and oxygen atoms in total. The second kappa shape index (κ2) is 4.17. The summed E-state index contributed by atoms with van der Waals surface area (Å²) in [5, 5.41) is 6.49. The third-order valence-electron chi connectivity index (χ3n) is 2.93. The van der Waals surface area contributed by atoms with Crippen LogP contribution in [0.25, 0.3) is 10.2 Å². The first-order valence-corrected chi connectivity index (χ1v) is 6.72. The minimum absolute atomic E-state index is 0.0118. The molecule has 1 aliphatic heterocycles. The van der Waals surface area contributed by atoms with Crippen LogP contribution in [0, 0.1) is 5.92 Å². The highest BCUT2D eigenvalue weighted by Gasteiger charge is 2.28. The smallest absolute Gasteiger partial charge is 0.255 e. The number of nitrogens with zero attached hydrogens (tertiary/aromatic N) is 3. The molecular weight excluding hydrogens is 246 g/mol. The fourth-order valence-corrected chi connectivity index (χ4v) is 2.80. The first-order valence-electron chi connectivity index (χ1n) is 5.91. The summed E-state index contributed by atoms with van der Waals surface area (Å²) in [5.41, 5.74) is 1.85. The molecule has 1 aliphatic rings. The van der Waals surface area contributed by atoms with Crippen LogP contribution in [0.2, 0.25) is 0 Å². The molecule has 0 saturated carbocycles. The Bertz CT molecular complexity index is 611. The van der Waals surface area contributed by atoms with Gasteiger partial charge in [0.05, 0.1) is 22.3 Å². The quantitative estimate of drug-likeness (QED) is 0.832. The zero-order valence-corrected chi connectivity index (χ0v) is 11.1. The van der Waals surface area contributed by atoms with Gasteiger partial charge < -0.3 is 0 Å². The Kier molecular flexibility index (Phi) is 2.63. The van der Waals surface area contributed by atoms with Crippen molar-refractivity contribution in [2.24, 2.45) is 11.0 Å². The van der Waals surface area contributed by atoms with Crippen molar-refractivity contribution in [1.82, 2.24) is 4.98 Å². The van der Waals surface area contributed by atoms with E-state index in [0.29, 0.717) is 17.5 Å². The number of hydrazone groups is 1. The lowest BCUT2D eigenvalue weighted by molar-refractivity contribution is -0.116. The molecule has 0 unspecified atom stereocenters. The molecule has 0 spiro atoms. The molecule has 0 bridgehead atoms. The van der Waals surface area contributed by atoms with Gasteiger partial charge in [0, 0.05) is 0 Å². The second-order valence-electron chi connectivity index (χ2n) is 4.59. The van der Waals surface area contributed by atoms with Crippen molar-refractivity contribution >= 4 is 38.3 Å². The number of para-hydroxylation sites is 1. The Balaban J connectivity index is 2.02. The first-order chi connectivity index (χ1) is 8.65. The first kappa shape index (κ1) is 11.3. The summed E-state index contributed by atoms with van der Waals surface area (Å²) >= 11 is 1.50. The van der Waals surface area contributed by atoms with E-state index < -0.39 is 0 Å². The van der Waals surface area contributed by atoms with Crippen LogP contribution in [0.4, 0.5) is 5.13 Å². The fraction of sp³-hybridized carbons (Fsp3) is 0.308. The number of anilines is 1. The predicted molar refractivity (Wildman–Crippen MR) is 74.0 cm³/mol. The number of thiazole rings is 1. The zero-order valence-electron chi connectivity index (χ0n) is 10.3. The molecule has 2 heterocycles. The summed E-state index contributed by atoms with van der Waals surface area (Å²) in [6.07, 6.45) is 0.410. The van der Waals surface area contributed by atoms with Gasteiger partial charge in [0.1, 0.15) is 0 Å². The number of hydrogen-bond acceptors (Lipinski definition) is 4.